The van der Waals surface area contributed by atoms with Crippen LogP contribution < -0.4 is 0 Å². The van der Waals surface area contributed by atoms with Gasteiger partial charge in [-0.2, -0.15) is 0 Å². The number of benzene rings is 4. The Morgan fingerprint density at radius 2 is 1.00 bits per heavy atom. The summed E-state index contributed by atoms with van der Waals surface area (Å²) in [5, 5.41) is 9.48. The van der Waals surface area contributed by atoms with Crippen molar-refractivity contribution in [1.82, 2.24) is 0 Å². The molecule has 0 bridgehead atoms. The first-order chi connectivity index (χ1) is 20.4. The molecular formula is C36H44O4S2. The number of hydrogen-bond acceptors (Lipinski definition) is 4. The number of unbranched alkanes of at least 4 members (excludes halogenated alkanes) is 9. The van der Waals surface area contributed by atoms with Crippen LogP contribution in [0.4, 0.5) is 0 Å². The van der Waals surface area contributed by atoms with E-state index in [0.29, 0.717) is 17.7 Å². The highest BCUT2D eigenvalue weighted by molar-refractivity contribution is 7.97. The van der Waals surface area contributed by atoms with E-state index < -0.39 is 10.1 Å². The Morgan fingerprint density at radius 3 is 1.50 bits per heavy atom. The van der Waals surface area contributed by atoms with E-state index in [2.05, 4.69) is 55.5 Å². The Kier molecular flexibility index (Phi) is 14.7. The summed E-state index contributed by atoms with van der Waals surface area (Å²) in [5.74, 6) is 0.304. The fourth-order valence-electron chi connectivity index (χ4n) is 4.86. The third-order valence-electron chi connectivity index (χ3n) is 7.07. The summed E-state index contributed by atoms with van der Waals surface area (Å²) in [6.07, 6.45) is 13.2. The molecule has 1 N–H and O–H groups in total. The molecule has 0 saturated heterocycles. The molecule has 4 nitrogen and oxygen atoms in total. The normalized spacial score (nSPS) is 11.2. The van der Waals surface area contributed by atoms with Crippen LogP contribution in [0, 0.1) is 0 Å². The third-order valence-corrected chi connectivity index (χ3v) is 10.2. The number of phenols is 1. The number of aromatic hydroxyl groups is 1. The first-order valence-electron chi connectivity index (χ1n) is 15.1. The van der Waals surface area contributed by atoms with Gasteiger partial charge in [-0.15, -0.1) is 0 Å². The van der Waals surface area contributed by atoms with E-state index in [1.807, 2.05) is 24.3 Å². The third kappa shape index (κ3) is 11.7. The van der Waals surface area contributed by atoms with Gasteiger partial charge in [0, 0.05) is 0 Å². The standard InChI is InChI=1S/C18H30O3S.C18H14OS/c1-2-3-4-5-6-7-8-9-10-11-14-17-15-12-13-16-18(17)22(19,20)21;19-15-11-13-18(14-12-15)20(16-7-3-1-4-8-16)17-9-5-2-6-10-17/h12-13,15-16H,2-11,14H2,1H3,(H,19,20,21);1-14H. The van der Waals surface area contributed by atoms with E-state index in [4.69, 9.17) is 0 Å². The summed E-state index contributed by atoms with van der Waals surface area (Å²) < 4.78 is 33.5. The maximum absolute atomic E-state index is 11.2. The highest BCUT2D eigenvalue weighted by Gasteiger charge is 2.27. The van der Waals surface area contributed by atoms with Gasteiger partial charge in [0.15, 0.2) is 14.7 Å². The lowest BCUT2D eigenvalue weighted by molar-refractivity contribution is 0.461. The Hall–Kier alpha value is -3.06. The van der Waals surface area contributed by atoms with Crippen molar-refractivity contribution >= 4 is 21.0 Å². The molecule has 0 spiro atoms. The minimum absolute atomic E-state index is 0.0501. The van der Waals surface area contributed by atoms with Gasteiger partial charge in [-0.3, -0.25) is 0 Å². The summed E-state index contributed by atoms with van der Waals surface area (Å²) >= 11 is 0. The number of phenolic OH excluding ortho intramolecular Hbond substituents is 1. The Labute approximate surface area is 256 Å². The summed E-state index contributed by atoms with van der Waals surface area (Å²) in [5.41, 5.74) is 0.664. The minimum atomic E-state index is -4.35. The van der Waals surface area contributed by atoms with Crippen LogP contribution in [0.5, 0.6) is 5.75 Å². The molecule has 0 unspecified atom stereocenters. The topological polar surface area (TPSA) is 77.4 Å². The van der Waals surface area contributed by atoms with Crippen molar-refractivity contribution in [3.05, 3.63) is 115 Å². The molecule has 0 aromatic heterocycles. The van der Waals surface area contributed by atoms with Crippen LogP contribution in [0.1, 0.15) is 76.7 Å². The van der Waals surface area contributed by atoms with Crippen LogP contribution in [0.25, 0.3) is 0 Å². The van der Waals surface area contributed by atoms with Crippen molar-refractivity contribution in [2.45, 2.75) is 97.1 Å². The predicted octanol–water partition coefficient (Wildman–Crippen LogP) is 9.54. The molecule has 4 aromatic rings. The minimum Gasteiger partial charge on any atom is -0.744 e. The highest BCUT2D eigenvalue weighted by atomic mass is 32.2. The summed E-state index contributed by atoms with van der Waals surface area (Å²) in [7, 11) is -4.48. The molecule has 0 aliphatic rings. The molecular weight excluding hydrogens is 561 g/mol. The van der Waals surface area contributed by atoms with Gasteiger partial charge in [0.25, 0.3) is 0 Å². The van der Waals surface area contributed by atoms with Crippen molar-refractivity contribution in [2.24, 2.45) is 0 Å². The fraction of sp³-hybridized carbons (Fsp3) is 0.333. The molecule has 4 aromatic carbocycles. The second kappa shape index (κ2) is 18.5. The van der Waals surface area contributed by atoms with Crippen molar-refractivity contribution < 1.29 is 18.1 Å². The average molecular weight is 605 g/mol. The van der Waals surface area contributed by atoms with Gasteiger partial charge in [-0.25, -0.2) is 8.42 Å². The van der Waals surface area contributed by atoms with Gasteiger partial charge in [-0.1, -0.05) is 119 Å². The van der Waals surface area contributed by atoms with E-state index in [0.717, 1.165) is 12.8 Å². The molecule has 42 heavy (non-hydrogen) atoms. The van der Waals surface area contributed by atoms with E-state index in [9.17, 15) is 18.1 Å². The molecule has 0 atom stereocenters. The zero-order chi connectivity index (χ0) is 30.0. The first kappa shape index (κ1) is 33.4. The molecule has 224 valence electrons. The zero-order valence-electron chi connectivity index (χ0n) is 24.7. The smallest absolute Gasteiger partial charge is 0.166 e. The van der Waals surface area contributed by atoms with Crippen molar-refractivity contribution in [2.75, 3.05) is 0 Å². The lowest BCUT2D eigenvalue weighted by Gasteiger charge is -2.12. The summed E-state index contributed by atoms with van der Waals surface area (Å²) in [6, 6.07) is 35.0. The zero-order valence-corrected chi connectivity index (χ0v) is 26.3. The largest absolute Gasteiger partial charge is 0.744 e. The van der Waals surface area contributed by atoms with E-state index in [-0.39, 0.29) is 15.8 Å². The van der Waals surface area contributed by atoms with Crippen LogP contribution >= 0.6 is 0 Å². The molecule has 0 amide bonds. The Balaban J connectivity index is 0.000000231. The van der Waals surface area contributed by atoms with Crippen molar-refractivity contribution in [3.63, 3.8) is 0 Å². The van der Waals surface area contributed by atoms with E-state index >= 15 is 0 Å². The molecule has 0 radical (unpaired) electrons. The highest BCUT2D eigenvalue weighted by Crippen LogP contribution is 2.31. The summed E-state index contributed by atoms with van der Waals surface area (Å²) in [6.45, 7) is 2.23. The van der Waals surface area contributed by atoms with E-state index in [1.165, 1.54) is 72.1 Å². The van der Waals surface area contributed by atoms with Gasteiger partial charge in [0.05, 0.1) is 15.8 Å². The first-order valence-corrected chi connectivity index (χ1v) is 17.7. The second-order valence-corrected chi connectivity index (χ2v) is 13.8. The predicted molar refractivity (Wildman–Crippen MR) is 173 cm³/mol. The number of hydrogen-bond donors (Lipinski definition) is 1. The maximum Gasteiger partial charge on any atom is 0.166 e. The lowest BCUT2D eigenvalue weighted by atomic mass is 10.0. The summed E-state index contributed by atoms with van der Waals surface area (Å²) in [4.78, 5) is 3.72. The van der Waals surface area contributed by atoms with Crippen molar-refractivity contribution in [3.8, 4) is 5.75 Å². The second-order valence-electron chi connectivity index (χ2n) is 10.4. The Morgan fingerprint density at radius 1 is 0.571 bits per heavy atom. The van der Waals surface area contributed by atoms with Gasteiger partial charge in [-0.05, 0) is 73.0 Å². The molecule has 4 rings (SSSR count). The molecule has 0 aliphatic heterocycles. The quantitative estimate of drug-likeness (QED) is 0.0833. The fourth-order valence-corrected chi connectivity index (χ4v) is 7.68. The van der Waals surface area contributed by atoms with Gasteiger partial charge in [0.2, 0.25) is 0 Å². The molecule has 0 aliphatic carbocycles. The SMILES string of the molecule is CCCCCCCCCCCCc1ccccc1S(=O)(=O)[O-].Oc1ccc([S+](c2ccccc2)c2ccccc2)cc1. The van der Waals surface area contributed by atoms with Crippen LogP contribution in [-0.4, -0.2) is 18.1 Å². The lowest BCUT2D eigenvalue weighted by Crippen LogP contribution is -2.04. The van der Waals surface area contributed by atoms with Crippen LogP contribution in [0.15, 0.2) is 129 Å². The van der Waals surface area contributed by atoms with Gasteiger partial charge >= 0.3 is 0 Å². The van der Waals surface area contributed by atoms with Gasteiger partial charge < -0.3 is 9.66 Å². The molecule has 0 saturated carbocycles. The molecule has 6 heteroatoms. The number of rotatable bonds is 15. The monoisotopic (exact) mass is 604 g/mol. The maximum atomic E-state index is 11.2. The van der Waals surface area contributed by atoms with Crippen LogP contribution in [0.3, 0.4) is 0 Å². The number of aryl methyl sites for hydroxylation is 1. The van der Waals surface area contributed by atoms with Crippen molar-refractivity contribution in [1.29, 1.82) is 0 Å². The average Bonchev–Trinajstić information content (AvgIpc) is 3.00. The Bertz CT molecular complexity index is 1350. The molecule has 0 heterocycles. The van der Waals surface area contributed by atoms with Crippen LogP contribution in [-0.2, 0) is 27.4 Å². The van der Waals surface area contributed by atoms with Gasteiger partial charge in [0.1, 0.15) is 15.9 Å². The van der Waals surface area contributed by atoms with E-state index in [1.54, 1.807) is 30.3 Å². The van der Waals surface area contributed by atoms with Crippen LogP contribution in [0.2, 0.25) is 0 Å². The molecule has 0 fully saturated rings.